The van der Waals surface area contributed by atoms with E-state index in [1.165, 1.54) is 12.1 Å². The minimum absolute atomic E-state index is 0.0289. The summed E-state index contributed by atoms with van der Waals surface area (Å²) in [5.41, 5.74) is 9.32. The molecule has 2 amide bonds. The highest BCUT2D eigenvalue weighted by molar-refractivity contribution is 7.91. The van der Waals surface area contributed by atoms with Crippen LogP contribution in [-0.4, -0.2) is 81.1 Å². The van der Waals surface area contributed by atoms with Crippen LogP contribution in [-0.2, 0) is 29.3 Å². The van der Waals surface area contributed by atoms with Crippen LogP contribution < -0.4 is 10.2 Å². The highest BCUT2D eigenvalue weighted by Gasteiger charge is 2.39. The van der Waals surface area contributed by atoms with Gasteiger partial charge in [-0.2, -0.15) is 0 Å². The normalized spacial score (nSPS) is 21.0. The first-order valence-corrected chi connectivity index (χ1v) is 26.4. The highest BCUT2D eigenvalue weighted by Crippen LogP contribution is 2.42. The molecule has 0 spiro atoms. The van der Waals surface area contributed by atoms with E-state index in [4.69, 9.17) is 19.0 Å². The molecule has 11 rings (SSSR count). The number of aryl methyl sites for hydroxylation is 4. The minimum Gasteiger partial charge on any atom is -0.361 e. The second-order valence-corrected chi connectivity index (χ2v) is 22.8. The average Bonchev–Trinajstić information content (AvgIpc) is 4.16. The number of carbonyl (C=O) groups excluding carboxylic acids is 2. The molecule has 0 radical (unpaired) electrons. The zero-order valence-electron chi connectivity index (χ0n) is 37.7. The predicted molar refractivity (Wildman–Crippen MR) is 249 cm³/mol. The predicted octanol–water partition coefficient (Wildman–Crippen LogP) is 8.07. The van der Waals surface area contributed by atoms with Crippen LogP contribution in [0, 0.1) is 33.5 Å². The molecule has 0 aliphatic carbocycles. The van der Waals surface area contributed by atoms with Gasteiger partial charge in [-0.15, -0.1) is 0 Å². The van der Waals surface area contributed by atoms with Crippen molar-refractivity contribution in [3.05, 3.63) is 101 Å². The molecule has 0 saturated carbocycles. The van der Waals surface area contributed by atoms with E-state index in [2.05, 4.69) is 24.8 Å². The Labute approximate surface area is 386 Å². The standard InChI is InChI=1S/C27H27FN4O4S.C21H24N4O4S/c1-16-26(17(2)36-30-16)18-6-7-23-22(14-18)29-27(32(23)20-10-12-37(34,35)13-11-20)24-8-9-25(33)31(24)21-5-3-4-19(28)15-21;1-12-20(13(2)29-24-12)14-3-5-18-17(11-14)23-21(16-4-6-19(26)22-16)25(18)15-7-9-30(27,28)10-8-15/h3-7,14-15,20,24H,8-13H2,1-2H3;3,5,11,15-16H,4,6-10H2,1-2H3,(H,22,26)/t24-;16-/m00/s1. The van der Waals surface area contributed by atoms with Gasteiger partial charge < -0.3 is 28.4 Å². The van der Waals surface area contributed by atoms with Gasteiger partial charge in [-0.05, 0) is 120 Å². The molecule has 3 aromatic carbocycles. The molecule has 4 aliphatic heterocycles. The molecule has 4 fully saturated rings. The van der Waals surface area contributed by atoms with Crippen LogP contribution in [0.3, 0.4) is 0 Å². The number of anilines is 1. The average molecular weight is 951 g/mol. The SMILES string of the molecule is Cc1noc(C)c1-c1ccc2c(c1)nc([C@@H]1CCC(=O)N1)n2C1CCS(=O)(=O)CC1.Cc1noc(C)c1-c1ccc2c(c1)nc([C@@H]1CCC(=O)N1c1cccc(F)c1)n2C1CCS(=O)(=O)CC1. The molecule has 4 aliphatic rings. The number of hydrogen-bond acceptors (Lipinski definition) is 12. The van der Waals surface area contributed by atoms with Gasteiger partial charge in [0.25, 0.3) is 0 Å². The van der Waals surface area contributed by atoms with Crippen LogP contribution in [0.2, 0.25) is 0 Å². The lowest BCUT2D eigenvalue weighted by atomic mass is 10.0. The van der Waals surface area contributed by atoms with E-state index in [-0.39, 0.29) is 59.0 Å². The van der Waals surface area contributed by atoms with Crippen molar-refractivity contribution in [1.29, 1.82) is 0 Å². The van der Waals surface area contributed by atoms with E-state index in [0.29, 0.717) is 68.6 Å². The van der Waals surface area contributed by atoms with Gasteiger partial charge in [-0.1, -0.05) is 28.5 Å². The van der Waals surface area contributed by atoms with Crippen molar-refractivity contribution < 1.29 is 39.9 Å². The van der Waals surface area contributed by atoms with Crippen molar-refractivity contribution in [2.75, 3.05) is 27.9 Å². The lowest BCUT2D eigenvalue weighted by Gasteiger charge is -2.30. The maximum atomic E-state index is 14.1. The van der Waals surface area contributed by atoms with Gasteiger partial charge in [0.2, 0.25) is 11.8 Å². The summed E-state index contributed by atoms with van der Waals surface area (Å²) in [5, 5.41) is 11.1. The molecule has 4 saturated heterocycles. The minimum atomic E-state index is -3.06. The van der Waals surface area contributed by atoms with Gasteiger partial charge in [0.05, 0.1) is 68.5 Å². The van der Waals surface area contributed by atoms with Gasteiger partial charge in [-0.3, -0.25) is 9.59 Å². The fourth-order valence-electron chi connectivity index (χ4n) is 10.5. The van der Waals surface area contributed by atoms with E-state index < -0.39 is 25.5 Å². The Morgan fingerprint density at radius 2 is 1.16 bits per heavy atom. The van der Waals surface area contributed by atoms with Crippen molar-refractivity contribution in [2.45, 2.75) is 103 Å². The Hall–Kier alpha value is -6.21. The monoisotopic (exact) mass is 950 g/mol. The summed E-state index contributed by atoms with van der Waals surface area (Å²) in [6.45, 7) is 7.56. The summed E-state index contributed by atoms with van der Waals surface area (Å²) in [7, 11) is -6.03. The summed E-state index contributed by atoms with van der Waals surface area (Å²) in [5.74, 6) is 3.12. The zero-order chi connectivity index (χ0) is 46.9. The third-order valence-electron chi connectivity index (χ3n) is 13.8. The Bertz CT molecular complexity index is 3270. The van der Waals surface area contributed by atoms with E-state index in [1.54, 1.807) is 17.0 Å². The molecule has 16 nitrogen and oxygen atoms in total. The molecule has 350 valence electrons. The smallest absolute Gasteiger partial charge is 0.227 e. The van der Waals surface area contributed by atoms with Crippen LogP contribution in [0.5, 0.6) is 0 Å². The first-order valence-electron chi connectivity index (χ1n) is 22.7. The van der Waals surface area contributed by atoms with Crippen molar-refractivity contribution in [1.82, 2.24) is 34.7 Å². The molecule has 7 aromatic rings. The number of nitrogens with zero attached hydrogens (tertiary/aromatic N) is 7. The van der Waals surface area contributed by atoms with Crippen molar-refractivity contribution in [3.63, 3.8) is 0 Å². The lowest BCUT2D eigenvalue weighted by Crippen LogP contribution is -2.32. The number of imidazole rings is 2. The fraction of sp³-hybridized carbons (Fsp3) is 0.417. The molecular weight excluding hydrogens is 900 g/mol. The summed E-state index contributed by atoms with van der Waals surface area (Å²) in [4.78, 5) is 36.5. The molecule has 67 heavy (non-hydrogen) atoms. The molecule has 19 heteroatoms. The van der Waals surface area contributed by atoms with Gasteiger partial charge >= 0.3 is 0 Å². The second kappa shape index (κ2) is 17.1. The number of carbonyl (C=O) groups is 2. The summed E-state index contributed by atoms with van der Waals surface area (Å²) >= 11 is 0. The molecule has 8 heterocycles. The largest absolute Gasteiger partial charge is 0.361 e. The quantitative estimate of drug-likeness (QED) is 0.161. The van der Waals surface area contributed by atoms with Gasteiger partial charge in [0.1, 0.15) is 48.7 Å². The van der Waals surface area contributed by atoms with Crippen LogP contribution in [0.15, 0.2) is 69.7 Å². The van der Waals surface area contributed by atoms with E-state index in [1.807, 2.05) is 64.1 Å². The van der Waals surface area contributed by atoms with Crippen molar-refractivity contribution >= 4 is 59.2 Å². The molecule has 1 N–H and O–H groups in total. The summed E-state index contributed by atoms with van der Waals surface area (Å²) in [6.07, 6.45) is 4.13. The van der Waals surface area contributed by atoms with E-state index >= 15 is 0 Å². The van der Waals surface area contributed by atoms with Crippen molar-refractivity contribution in [2.24, 2.45) is 0 Å². The van der Waals surface area contributed by atoms with Crippen LogP contribution in [0.1, 0.15) is 110 Å². The number of halogens is 1. The van der Waals surface area contributed by atoms with Crippen molar-refractivity contribution in [3.8, 4) is 22.3 Å². The molecular formula is C48H51FN8O8S2. The Balaban J connectivity index is 0.000000160. The Kier molecular flexibility index (Phi) is 11.4. The number of aromatic nitrogens is 6. The number of nitrogens with one attached hydrogen (secondary N) is 1. The van der Waals surface area contributed by atoms with Gasteiger partial charge in [0.15, 0.2) is 0 Å². The van der Waals surface area contributed by atoms with Crippen LogP contribution in [0.4, 0.5) is 10.1 Å². The van der Waals surface area contributed by atoms with E-state index in [9.17, 15) is 30.8 Å². The molecule has 2 atom stereocenters. The Morgan fingerprint density at radius 1 is 0.642 bits per heavy atom. The first kappa shape index (κ1) is 44.6. The maximum Gasteiger partial charge on any atom is 0.227 e. The number of sulfone groups is 2. The maximum absolute atomic E-state index is 14.1. The van der Waals surface area contributed by atoms with E-state index in [0.717, 1.165) is 67.3 Å². The Morgan fingerprint density at radius 3 is 1.64 bits per heavy atom. The lowest BCUT2D eigenvalue weighted by molar-refractivity contribution is -0.119. The first-order chi connectivity index (χ1) is 32.0. The molecule has 4 aromatic heterocycles. The molecule has 0 unspecified atom stereocenters. The van der Waals surface area contributed by atoms with Crippen LogP contribution in [0.25, 0.3) is 44.3 Å². The van der Waals surface area contributed by atoms with Crippen LogP contribution >= 0.6 is 0 Å². The summed E-state index contributed by atoms with van der Waals surface area (Å²) < 4.78 is 77.4. The number of fused-ring (bicyclic) bond motifs is 2. The third kappa shape index (κ3) is 8.44. The molecule has 0 bridgehead atoms. The number of rotatable bonds is 7. The highest BCUT2D eigenvalue weighted by atomic mass is 32.2. The number of amides is 2. The number of hydrogen-bond donors (Lipinski definition) is 1. The zero-order valence-corrected chi connectivity index (χ0v) is 39.3. The topological polar surface area (TPSA) is 205 Å². The summed E-state index contributed by atoms with van der Waals surface area (Å²) in [6, 6.07) is 17.6. The third-order valence-corrected chi connectivity index (χ3v) is 17.2. The fourth-order valence-corrected chi connectivity index (χ4v) is 13.5. The number of benzene rings is 3. The second-order valence-electron chi connectivity index (χ2n) is 18.2. The van der Waals surface area contributed by atoms with Gasteiger partial charge in [0, 0.05) is 41.7 Å². The van der Waals surface area contributed by atoms with Gasteiger partial charge in [-0.25, -0.2) is 31.2 Å².